The number of hydrogen-bond acceptors (Lipinski definition) is 6. The first kappa shape index (κ1) is 22.7. The maximum atomic E-state index is 11.9. The molecule has 0 aliphatic heterocycles. The van der Waals surface area contributed by atoms with Gasteiger partial charge in [-0.15, -0.1) is 0 Å². The number of sulfonamides is 1. The van der Waals surface area contributed by atoms with Gasteiger partial charge in [-0.1, -0.05) is 36.4 Å². The summed E-state index contributed by atoms with van der Waals surface area (Å²) in [5, 5.41) is 5.14. The average Bonchev–Trinajstić information content (AvgIpc) is 2.72. The maximum absolute atomic E-state index is 11.9. The maximum Gasteiger partial charge on any atom is 0.308 e. The topological polar surface area (TPSA) is 156 Å². The largest absolute Gasteiger partial charge is 0.427 e. The Labute approximate surface area is 185 Å². The summed E-state index contributed by atoms with van der Waals surface area (Å²) in [4.78, 5) is 23.0. The van der Waals surface area contributed by atoms with E-state index in [9.17, 15) is 18.0 Å². The summed E-state index contributed by atoms with van der Waals surface area (Å²) in [6.45, 7) is 1.32. The second kappa shape index (κ2) is 9.04. The van der Waals surface area contributed by atoms with E-state index in [1.54, 1.807) is 54.6 Å². The predicted molar refractivity (Wildman–Crippen MR) is 123 cm³/mol. The summed E-state index contributed by atoms with van der Waals surface area (Å²) in [6.07, 6.45) is 3.53. The number of nitrogens with two attached hydrogens (primary N) is 3. The summed E-state index contributed by atoms with van der Waals surface area (Å²) in [6, 6.07) is 16.0. The molecule has 0 saturated heterocycles. The van der Waals surface area contributed by atoms with Crippen molar-refractivity contribution in [3.63, 3.8) is 0 Å². The molecule has 0 aliphatic carbocycles. The van der Waals surface area contributed by atoms with Gasteiger partial charge in [0.2, 0.25) is 10.0 Å². The molecule has 0 radical (unpaired) electrons. The van der Waals surface area contributed by atoms with Crippen LogP contribution >= 0.6 is 0 Å². The molecule has 1 amide bonds. The Morgan fingerprint density at radius 2 is 1.59 bits per heavy atom. The minimum absolute atomic E-state index is 0.0429. The Morgan fingerprint density at radius 1 is 0.938 bits per heavy atom. The van der Waals surface area contributed by atoms with E-state index in [2.05, 4.69) is 0 Å². The third-order valence-electron chi connectivity index (χ3n) is 4.55. The van der Waals surface area contributed by atoms with Gasteiger partial charge in [-0.3, -0.25) is 9.59 Å². The smallest absolute Gasteiger partial charge is 0.308 e. The molecular weight excluding hydrogens is 430 g/mol. The van der Waals surface area contributed by atoms with Gasteiger partial charge in [-0.05, 0) is 53.1 Å². The van der Waals surface area contributed by atoms with Gasteiger partial charge < -0.3 is 16.2 Å². The number of hydrogen-bond donors (Lipinski definition) is 3. The van der Waals surface area contributed by atoms with E-state index in [1.165, 1.54) is 19.1 Å². The second-order valence-corrected chi connectivity index (χ2v) is 8.52. The first-order valence-electron chi connectivity index (χ1n) is 9.38. The van der Waals surface area contributed by atoms with Gasteiger partial charge >= 0.3 is 5.97 Å². The van der Waals surface area contributed by atoms with E-state index >= 15 is 0 Å². The molecule has 3 rings (SSSR count). The van der Waals surface area contributed by atoms with Crippen LogP contribution in [0, 0.1) is 0 Å². The van der Waals surface area contributed by atoms with Gasteiger partial charge in [-0.25, -0.2) is 13.6 Å². The van der Waals surface area contributed by atoms with Crippen LogP contribution in [0.15, 0.2) is 65.6 Å². The van der Waals surface area contributed by atoms with Crippen molar-refractivity contribution in [2.24, 2.45) is 10.9 Å². The molecule has 0 saturated carbocycles. The van der Waals surface area contributed by atoms with Crippen LogP contribution in [0.4, 0.5) is 5.69 Å². The van der Waals surface area contributed by atoms with Crippen LogP contribution in [0.3, 0.4) is 0 Å². The minimum atomic E-state index is -3.84. The van der Waals surface area contributed by atoms with Crippen molar-refractivity contribution in [1.29, 1.82) is 0 Å². The van der Waals surface area contributed by atoms with Gasteiger partial charge in [-0.2, -0.15) is 0 Å². The zero-order valence-corrected chi connectivity index (χ0v) is 17.9. The minimum Gasteiger partial charge on any atom is -0.427 e. The number of carbonyl (C=O) groups excluding carboxylic acids is 2. The lowest BCUT2D eigenvalue weighted by Crippen LogP contribution is -2.14. The van der Waals surface area contributed by atoms with Crippen molar-refractivity contribution in [3.05, 3.63) is 77.4 Å². The van der Waals surface area contributed by atoms with Crippen molar-refractivity contribution >= 4 is 39.7 Å². The molecule has 32 heavy (non-hydrogen) atoms. The number of amides is 1. The number of nitrogen functional groups attached to an aromatic ring is 1. The Morgan fingerprint density at radius 3 is 2.19 bits per heavy atom. The molecule has 9 heteroatoms. The standard InChI is InChI=1S/C23H21N3O5S/c1-14(27)31-18-4-2-3-15(11-18)5-6-16-12-20(22(24)21(13-16)23(25)28)17-7-9-19(10-8-17)32(26,29)30/h2-13H,24H2,1H3,(H2,25,28)(H2,26,29,30). The second-order valence-electron chi connectivity index (χ2n) is 6.96. The number of primary sulfonamides is 1. The molecule has 0 aromatic heterocycles. The number of ether oxygens (including phenoxy) is 1. The van der Waals surface area contributed by atoms with Crippen molar-refractivity contribution < 1.29 is 22.7 Å². The molecule has 6 N–H and O–H groups in total. The fourth-order valence-corrected chi connectivity index (χ4v) is 3.59. The first-order valence-corrected chi connectivity index (χ1v) is 10.9. The lowest BCUT2D eigenvalue weighted by molar-refractivity contribution is -0.131. The molecule has 0 heterocycles. The number of anilines is 1. The third kappa shape index (κ3) is 5.39. The third-order valence-corrected chi connectivity index (χ3v) is 5.48. The summed E-state index contributed by atoms with van der Waals surface area (Å²) in [5.74, 6) is -0.712. The number of primary amides is 1. The van der Waals surface area contributed by atoms with Crippen LogP contribution in [0.1, 0.15) is 28.4 Å². The highest BCUT2D eigenvalue weighted by Gasteiger charge is 2.14. The summed E-state index contributed by atoms with van der Waals surface area (Å²) >= 11 is 0. The lowest BCUT2D eigenvalue weighted by atomic mass is 9.96. The van der Waals surface area contributed by atoms with Crippen LogP contribution in [0.25, 0.3) is 23.3 Å². The van der Waals surface area contributed by atoms with Crippen LogP contribution in [-0.4, -0.2) is 20.3 Å². The van der Waals surface area contributed by atoms with Crippen LogP contribution in [-0.2, 0) is 14.8 Å². The summed E-state index contributed by atoms with van der Waals surface area (Å²) in [5.41, 5.74) is 14.5. The molecule has 0 unspecified atom stereocenters. The Balaban J connectivity index is 2.03. The Kier molecular flexibility index (Phi) is 6.42. The molecule has 164 valence electrons. The highest BCUT2D eigenvalue weighted by molar-refractivity contribution is 7.89. The van der Waals surface area contributed by atoms with E-state index in [0.29, 0.717) is 22.4 Å². The molecule has 3 aromatic rings. The van der Waals surface area contributed by atoms with Crippen molar-refractivity contribution in [2.45, 2.75) is 11.8 Å². The van der Waals surface area contributed by atoms with Gasteiger partial charge in [0.1, 0.15) is 5.75 Å². The van der Waals surface area contributed by atoms with Crippen molar-refractivity contribution in [3.8, 4) is 16.9 Å². The summed E-state index contributed by atoms with van der Waals surface area (Å²) in [7, 11) is -3.84. The Bertz CT molecular complexity index is 1330. The molecule has 0 spiro atoms. The molecule has 0 fully saturated rings. The SMILES string of the molecule is CC(=O)Oc1cccc(C=Cc2cc(C(N)=O)c(N)c(-c3ccc(S(N)(=O)=O)cc3)c2)c1. The van der Waals surface area contributed by atoms with Crippen molar-refractivity contribution in [1.82, 2.24) is 0 Å². The van der Waals surface area contributed by atoms with Gasteiger partial charge in [0.05, 0.1) is 16.1 Å². The van der Waals surface area contributed by atoms with E-state index in [-0.39, 0.29) is 16.1 Å². The van der Waals surface area contributed by atoms with Crippen LogP contribution in [0.2, 0.25) is 0 Å². The van der Waals surface area contributed by atoms with Gasteiger partial charge in [0, 0.05) is 12.5 Å². The van der Waals surface area contributed by atoms with E-state index in [4.69, 9.17) is 21.3 Å². The molecule has 0 aliphatic rings. The zero-order chi connectivity index (χ0) is 23.5. The van der Waals surface area contributed by atoms with Gasteiger partial charge in [0.25, 0.3) is 5.91 Å². The monoisotopic (exact) mass is 451 g/mol. The van der Waals surface area contributed by atoms with Crippen LogP contribution in [0.5, 0.6) is 5.75 Å². The average molecular weight is 452 g/mol. The fourth-order valence-electron chi connectivity index (χ4n) is 3.08. The Hall–Kier alpha value is -3.95. The number of carbonyl (C=O) groups is 2. The number of benzene rings is 3. The highest BCUT2D eigenvalue weighted by Crippen LogP contribution is 2.31. The van der Waals surface area contributed by atoms with E-state index in [0.717, 1.165) is 5.56 Å². The normalized spacial score (nSPS) is 11.4. The van der Waals surface area contributed by atoms with Gasteiger partial charge in [0.15, 0.2) is 0 Å². The molecular formula is C23H21N3O5S. The molecule has 8 nitrogen and oxygen atoms in total. The highest BCUT2D eigenvalue weighted by atomic mass is 32.2. The molecule has 0 atom stereocenters. The molecule has 0 bridgehead atoms. The summed E-state index contributed by atoms with van der Waals surface area (Å²) < 4.78 is 28.1. The predicted octanol–water partition coefficient (Wildman–Crippen LogP) is 2.78. The number of rotatable bonds is 6. The fraction of sp³-hybridized carbons (Fsp3) is 0.0435. The van der Waals surface area contributed by atoms with E-state index in [1.807, 2.05) is 6.07 Å². The molecule has 3 aromatic carbocycles. The lowest BCUT2D eigenvalue weighted by Gasteiger charge is -2.12. The quantitative estimate of drug-likeness (QED) is 0.226. The van der Waals surface area contributed by atoms with Crippen LogP contribution < -0.4 is 21.3 Å². The number of esters is 1. The van der Waals surface area contributed by atoms with E-state index < -0.39 is 21.9 Å². The zero-order valence-electron chi connectivity index (χ0n) is 17.1. The first-order chi connectivity index (χ1) is 15.0. The van der Waals surface area contributed by atoms with Crippen molar-refractivity contribution in [2.75, 3.05) is 5.73 Å².